The van der Waals surface area contributed by atoms with E-state index in [1.807, 2.05) is 31.2 Å². The van der Waals surface area contributed by atoms with Gasteiger partial charge in [0.05, 0.1) is 6.42 Å². The molecule has 1 rings (SSSR count). The molecule has 0 fully saturated rings. The summed E-state index contributed by atoms with van der Waals surface area (Å²) in [5.74, 6) is 0.0421. The quantitative estimate of drug-likeness (QED) is 0.762. The molecule has 1 aromatic rings. The third kappa shape index (κ3) is 5.75. The first-order valence-corrected chi connectivity index (χ1v) is 6.12. The lowest BCUT2D eigenvalue weighted by Crippen LogP contribution is -2.34. The predicted octanol–water partition coefficient (Wildman–Crippen LogP) is 2.06. The monoisotopic (exact) mass is 253 g/mol. The van der Waals surface area contributed by atoms with Gasteiger partial charge in [-0.05, 0) is 31.0 Å². The number of carbonyl (C=O) groups excluding carboxylic acids is 1. The van der Waals surface area contributed by atoms with Crippen LogP contribution in [0.3, 0.4) is 0 Å². The van der Waals surface area contributed by atoms with Gasteiger partial charge in [0.1, 0.15) is 0 Å². The summed E-state index contributed by atoms with van der Waals surface area (Å²) in [5.41, 5.74) is 0.999. The number of hydrogen-bond donors (Lipinski definition) is 2. The van der Waals surface area contributed by atoms with Crippen molar-refractivity contribution in [3.05, 3.63) is 29.8 Å². The van der Waals surface area contributed by atoms with Gasteiger partial charge in [0, 0.05) is 24.7 Å². The third-order valence-electron chi connectivity index (χ3n) is 2.46. The summed E-state index contributed by atoms with van der Waals surface area (Å²) in [6.07, 6.45) is 1.24. The fourth-order valence-electron chi connectivity index (χ4n) is 1.49. The molecule has 0 radical (unpaired) electrons. The number of benzene rings is 1. The van der Waals surface area contributed by atoms with Crippen molar-refractivity contribution in [2.24, 2.45) is 0 Å². The molecule has 0 aliphatic rings. The molecule has 1 amide bonds. The Morgan fingerprint density at radius 2 is 2.06 bits per heavy atom. The number of amides is 1. The molecule has 0 spiro atoms. The average Bonchev–Trinajstić information content (AvgIpc) is 2.29. The Kier molecular flexibility index (Phi) is 6.08. The van der Waals surface area contributed by atoms with Gasteiger partial charge < -0.3 is 10.1 Å². The molecule has 1 aromatic carbocycles. The van der Waals surface area contributed by atoms with Crippen LogP contribution in [0.15, 0.2) is 29.2 Å². The number of rotatable bonds is 6. The summed E-state index contributed by atoms with van der Waals surface area (Å²) >= 11 is 4.20. The van der Waals surface area contributed by atoms with Gasteiger partial charge in [-0.3, -0.25) is 4.79 Å². The van der Waals surface area contributed by atoms with E-state index in [1.54, 1.807) is 7.11 Å². The molecule has 1 unspecified atom stereocenters. The van der Waals surface area contributed by atoms with Gasteiger partial charge in [-0.2, -0.15) is 0 Å². The van der Waals surface area contributed by atoms with Crippen LogP contribution in [0.25, 0.3) is 0 Å². The van der Waals surface area contributed by atoms with Gasteiger partial charge >= 0.3 is 0 Å². The zero-order chi connectivity index (χ0) is 12.7. The van der Waals surface area contributed by atoms with E-state index in [9.17, 15) is 4.79 Å². The Labute approximate surface area is 108 Å². The fraction of sp³-hybridized carbons (Fsp3) is 0.462. The molecule has 0 aliphatic carbocycles. The van der Waals surface area contributed by atoms with Gasteiger partial charge in [0.2, 0.25) is 5.91 Å². The molecule has 0 bridgehead atoms. The lowest BCUT2D eigenvalue weighted by atomic mass is 10.1. The first-order valence-electron chi connectivity index (χ1n) is 5.68. The number of carbonyl (C=O) groups is 1. The van der Waals surface area contributed by atoms with Crippen molar-refractivity contribution in [3.8, 4) is 0 Å². The topological polar surface area (TPSA) is 38.3 Å². The Bertz CT molecular complexity index is 351. The van der Waals surface area contributed by atoms with Crippen LogP contribution in [0.2, 0.25) is 0 Å². The minimum absolute atomic E-state index is 0.0421. The lowest BCUT2D eigenvalue weighted by Gasteiger charge is -2.13. The zero-order valence-electron chi connectivity index (χ0n) is 10.3. The molecule has 1 N–H and O–H groups in total. The second kappa shape index (κ2) is 7.35. The maximum absolute atomic E-state index is 11.7. The van der Waals surface area contributed by atoms with E-state index in [-0.39, 0.29) is 11.9 Å². The molecule has 0 aliphatic heterocycles. The number of hydrogen-bond acceptors (Lipinski definition) is 3. The number of ether oxygens (including phenoxy) is 1. The van der Waals surface area contributed by atoms with Crippen LogP contribution in [0.5, 0.6) is 0 Å². The summed E-state index contributed by atoms with van der Waals surface area (Å²) < 4.78 is 4.97. The van der Waals surface area contributed by atoms with Gasteiger partial charge in [-0.25, -0.2) is 0 Å². The van der Waals surface area contributed by atoms with Gasteiger partial charge in [-0.15, -0.1) is 12.6 Å². The summed E-state index contributed by atoms with van der Waals surface area (Å²) in [4.78, 5) is 12.6. The second-order valence-electron chi connectivity index (χ2n) is 4.09. The maximum Gasteiger partial charge on any atom is 0.224 e. The van der Waals surface area contributed by atoms with Crippen LogP contribution in [-0.4, -0.2) is 25.7 Å². The number of thiol groups is 1. The number of methoxy groups -OCH3 is 1. The highest BCUT2D eigenvalue weighted by atomic mass is 32.1. The first kappa shape index (κ1) is 14.1. The van der Waals surface area contributed by atoms with E-state index in [1.165, 1.54) is 0 Å². The van der Waals surface area contributed by atoms with Gasteiger partial charge in [-0.1, -0.05) is 12.1 Å². The van der Waals surface area contributed by atoms with E-state index in [0.29, 0.717) is 13.0 Å². The van der Waals surface area contributed by atoms with E-state index < -0.39 is 0 Å². The highest BCUT2D eigenvalue weighted by Gasteiger charge is 2.07. The predicted molar refractivity (Wildman–Crippen MR) is 71.5 cm³/mol. The van der Waals surface area contributed by atoms with E-state index in [2.05, 4.69) is 17.9 Å². The largest absolute Gasteiger partial charge is 0.385 e. The molecule has 17 heavy (non-hydrogen) atoms. The molecule has 3 nitrogen and oxygen atoms in total. The molecule has 0 heterocycles. The van der Waals surface area contributed by atoms with Crippen molar-refractivity contribution in [1.29, 1.82) is 0 Å². The molecule has 4 heteroatoms. The fourth-order valence-corrected chi connectivity index (χ4v) is 1.64. The third-order valence-corrected chi connectivity index (χ3v) is 2.76. The molecule has 0 aromatic heterocycles. The van der Waals surface area contributed by atoms with Crippen LogP contribution in [0.1, 0.15) is 18.9 Å². The first-order chi connectivity index (χ1) is 8.11. The van der Waals surface area contributed by atoms with Crippen LogP contribution in [0, 0.1) is 0 Å². The SMILES string of the molecule is COCCC(C)NC(=O)Cc1ccc(S)cc1. The van der Waals surface area contributed by atoms with Crippen molar-refractivity contribution in [1.82, 2.24) is 5.32 Å². The van der Waals surface area contributed by atoms with Crippen LogP contribution in [-0.2, 0) is 16.0 Å². The number of nitrogens with one attached hydrogen (secondary N) is 1. The standard InChI is InChI=1S/C13H19NO2S/c1-10(7-8-16-2)14-13(15)9-11-3-5-12(17)6-4-11/h3-6,10,17H,7-9H2,1-2H3,(H,14,15). The van der Waals surface area contributed by atoms with Crippen LogP contribution >= 0.6 is 12.6 Å². The summed E-state index contributed by atoms with van der Waals surface area (Å²) in [5, 5.41) is 2.94. The van der Waals surface area contributed by atoms with Crippen molar-refractivity contribution >= 4 is 18.5 Å². The highest BCUT2D eigenvalue weighted by Crippen LogP contribution is 2.08. The normalized spacial score (nSPS) is 12.2. The summed E-state index contributed by atoms with van der Waals surface area (Å²) in [6, 6.07) is 7.76. The zero-order valence-corrected chi connectivity index (χ0v) is 11.2. The van der Waals surface area contributed by atoms with Crippen molar-refractivity contribution in [3.63, 3.8) is 0 Å². The second-order valence-corrected chi connectivity index (χ2v) is 4.61. The Morgan fingerprint density at radius 1 is 1.41 bits per heavy atom. The molecule has 94 valence electrons. The van der Waals surface area contributed by atoms with E-state index in [4.69, 9.17) is 4.74 Å². The Morgan fingerprint density at radius 3 is 2.65 bits per heavy atom. The van der Waals surface area contributed by atoms with Crippen LogP contribution in [0.4, 0.5) is 0 Å². The molecular weight excluding hydrogens is 234 g/mol. The summed E-state index contributed by atoms with van der Waals surface area (Å²) in [6.45, 7) is 2.64. The highest BCUT2D eigenvalue weighted by molar-refractivity contribution is 7.80. The van der Waals surface area contributed by atoms with Gasteiger partial charge in [0.25, 0.3) is 0 Å². The van der Waals surface area contributed by atoms with Gasteiger partial charge in [0.15, 0.2) is 0 Å². The molecule has 1 atom stereocenters. The average molecular weight is 253 g/mol. The minimum Gasteiger partial charge on any atom is -0.385 e. The van der Waals surface area contributed by atoms with Crippen molar-refractivity contribution < 1.29 is 9.53 Å². The molecular formula is C13H19NO2S. The van der Waals surface area contributed by atoms with E-state index >= 15 is 0 Å². The van der Waals surface area contributed by atoms with Crippen molar-refractivity contribution in [2.75, 3.05) is 13.7 Å². The Balaban J connectivity index is 2.36. The maximum atomic E-state index is 11.7. The molecule has 0 saturated carbocycles. The minimum atomic E-state index is 0.0421. The molecule has 0 saturated heterocycles. The summed E-state index contributed by atoms with van der Waals surface area (Å²) in [7, 11) is 1.66. The smallest absolute Gasteiger partial charge is 0.224 e. The van der Waals surface area contributed by atoms with E-state index in [0.717, 1.165) is 16.9 Å². The Hall–Kier alpha value is -1.00. The van der Waals surface area contributed by atoms with Crippen molar-refractivity contribution in [2.45, 2.75) is 30.7 Å². The van der Waals surface area contributed by atoms with Crippen LogP contribution < -0.4 is 5.32 Å². The lowest BCUT2D eigenvalue weighted by molar-refractivity contribution is -0.121.